The molecule has 1 aromatic rings. The van der Waals surface area contributed by atoms with E-state index in [1.807, 2.05) is 17.0 Å². The molecule has 0 bridgehead atoms. The van der Waals surface area contributed by atoms with Gasteiger partial charge in [-0.15, -0.1) is 24.8 Å². The number of amides is 1. The fourth-order valence-corrected chi connectivity index (χ4v) is 3.78. The molecule has 1 unspecified atom stereocenters. The maximum Gasteiger partial charge on any atom is 0.253 e. The van der Waals surface area contributed by atoms with Crippen LogP contribution in [-0.4, -0.2) is 74.6 Å². The van der Waals surface area contributed by atoms with E-state index in [2.05, 4.69) is 41.2 Å². The molecule has 0 radical (unpaired) electrons. The molecule has 1 aromatic carbocycles. The molecule has 2 aliphatic heterocycles. The van der Waals surface area contributed by atoms with Crippen molar-refractivity contribution in [1.82, 2.24) is 15.1 Å². The minimum Gasteiger partial charge on any atom is -0.375 e. The van der Waals surface area contributed by atoms with Gasteiger partial charge in [0.1, 0.15) is 0 Å². The molecule has 5 nitrogen and oxygen atoms in total. The summed E-state index contributed by atoms with van der Waals surface area (Å²) in [5.41, 5.74) is 1.98. The van der Waals surface area contributed by atoms with Crippen molar-refractivity contribution in [2.45, 2.75) is 25.8 Å². The van der Waals surface area contributed by atoms with Gasteiger partial charge in [-0.05, 0) is 37.1 Å². The largest absolute Gasteiger partial charge is 0.375 e. The van der Waals surface area contributed by atoms with E-state index in [0.29, 0.717) is 6.04 Å². The standard InChI is InChI=1S/C19H30N4O.2ClH/c1-3-11-21(2)17-6-4-16(5-7-17)19(24)23-12-8-18(15-23)22-13-9-20-10-14-22;;/h4-7,18,20H,3,8-15H2,1-2H3;2*1H. The normalized spacial score (nSPS) is 20.2. The fraction of sp³-hybridized carbons (Fsp3) is 0.632. The van der Waals surface area contributed by atoms with Crippen molar-refractivity contribution < 1.29 is 4.79 Å². The van der Waals surface area contributed by atoms with Crippen LogP contribution < -0.4 is 10.2 Å². The van der Waals surface area contributed by atoms with Gasteiger partial charge in [-0.25, -0.2) is 0 Å². The second-order valence-corrected chi connectivity index (χ2v) is 6.95. The van der Waals surface area contributed by atoms with Crippen molar-refractivity contribution in [3.63, 3.8) is 0 Å². The van der Waals surface area contributed by atoms with Crippen LogP contribution in [0.2, 0.25) is 0 Å². The summed E-state index contributed by atoms with van der Waals surface area (Å²) in [5, 5.41) is 3.40. The number of halogens is 2. The van der Waals surface area contributed by atoms with Gasteiger partial charge in [0.2, 0.25) is 0 Å². The minimum atomic E-state index is 0. The highest BCUT2D eigenvalue weighted by Gasteiger charge is 2.31. The van der Waals surface area contributed by atoms with Crippen molar-refractivity contribution in [3.05, 3.63) is 29.8 Å². The zero-order chi connectivity index (χ0) is 16.9. The third kappa shape index (κ3) is 5.49. The van der Waals surface area contributed by atoms with E-state index < -0.39 is 0 Å². The Morgan fingerprint density at radius 3 is 2.42 bits per heavy atom. The van der Waals surface area contributed by atoms with E-state index in [-0.39, 0.29) is 30.7 Å². The Balaban J connectivity index is 0.00000169. The van der Waals surface area contributed by atoms with Crippen LogP contribution in [-0.2, 0) is 0 Å². The third-order valence-electron chi connectivity index (χ3n) is 5.23. The van der Waals surface area contributed by atoms with Gasteiger partial charge in [-0.3, -0.25) is 9.69 Å². The Morgan fingerprint density at radius 1 is 1.15 bits per heavy atom. The number of piperazine rings is 1. The van der Waals surface area contributed by atoms with Gasteiger partial charge in [0, 0.05) is 70.2 Å². The molecule has 3 rings (SSSR count). The third-order valence-corrected chi connectivity index (χ3v) is 5.23. The molecule has 26 heavy (non-hydrogen) atoms. The Labute approximate surface area is 169 Å². The number of carbonyl (C=O) groups excluding carboxylic acids is 1. The van der Waals surface area contributed by atoms with Gasteiger partial charge in [0.15, 0.2) is 0 Å². The summed E-state index contributed by atoms with van der Waals surface area (Å²) in [6, 6.07) is 8.61. The first-order chi connectivity index (χ1) is 11.7. The molecule has 1 N–H and O–H groups in total. The summed E-state index contributed by atoms with van der Waals surface area (Å²) in [6.07, 6.45) is 2.22. The lowest BCUT2D eigenvalue weighted by Gasteiger charge is -2.32. The Morgan fingerprint density at radius 2 is 1.81 bits per heavy atom. The van der Waals surface area contributed by atoms with Crippen LogP contribution in [0.5, 0.6) is 0 Å². The lowest BCUT2D eigenvalue weighted by molar-refractivity contribution is 0.0773. The minimum absolute atomic E-state index is 0. The molecule has 0 saturated carbocycles. The van der Waals surface area contributed by atoms with Crippen LogP contribution in [0, 0.1) is 0 Å². The smallest absolute Gasteiger partial charge is 0.253 e. The number of anilines is 1. The lowest BCUT2D eigenvalue weighted by Crippen LogP contribution is -2.49. The highest BCUT2D eigenvalue weighted by Crippen LogP contribution is 2.20. The van der Waals surface area contributed by atoms with E-state index in [0.717, 1.165) is 64.2 Å². The quantitative estimate of drug-likeness (QED) is 0.820. The maximum atomic E-state index is 12.8. The second-order valence-electron chi connectivity index (χ2n) is 6.95. The van der Waals surface area contributed by atoms with E-state index in [1.165, 1.54) is 5.69 Å². The van der Waals surface area contributed by atoms with Crippen LogP contribution in [0.1, 0.15) is 30.1 Å². The van der Waals surface area contributed by atoms with Crippen LogP contribution in [0.4, 0.5) is 5.69 Å². The second kappa shape index (κ2) is 11.0. The molecule has 2 saturated heterocycles. The zero-order valence-corrected chi connectivity index (χ0v) is 17.5. The molecule has 0 aromatic heterocycles. The Hall–Kier alpha value is -1.01. The average molecular weight is 403 g/mol. The monoisotopic (exact) mass is 402 g/mol. The summed E-state index contributed by atoms with van der Waals surface area (Å²) in [6.45, 7) is 9.30. The number of carbonyl (C=O) groups is 1. The first kappa shape index (κ1) is 23.0. The van der Waals surface area contributed by atoms with E-state index in [4.69, 9.17) is 0 Å². The molecular formula is C19H32Cl2N4O. The molecule has 0 aliphatic carbocycles. The molecule has 2 fully saturated rings. The summed E-state index contributed by atoms with van der Waals surface area (Å²) in [7, 11) is 2.10. The van der Waals surface area contributed by atoms with Crippen molar-refractivity contribution in [2.75, 3.05) is 57.8 Å². The first-order valence-corrected chi connectivity index (χ1v) is 9.24. The summed E-state index contributed by atoms with van der Waals surface area (Å²) >= 11 is 0. The maximum absolute atomic E-state index is 12.8. The van der Waals surface area contributed by atoms with E-state index in [9.17, 15) is 4.79 Å². The van der Waals surface area contributed by atoms with Crippen LogP contribution in [0.25, 0.3) is 0 Å². The number of likely N-dealkylation sites (tertiary alicyclic amines) is 1. The lowest BCUT2D eigenvalue weighted by atomic mass is 10.1. The first-order valence-electron chi connectivity index (χ1n) is 9.24. The number of nitrogens with zero attached hydrogens (tertiary/aromatic N) is 3. The molecule has 2 aliphatic rings. The number of hydrogen-bond acceptors (Lipinski definition) is 4. The zero-order valence-electron chi connectivity index (χ0n) is 15.8. The number of hydrogen-bond donors (Lipinski definition) is 1. The number of rotatable bonds is 5. The number of benzene rings is 1. The van der Waals surface area contributed by atoms with Gasteiger partial charge in [0.25, 0.3) is 5.91 Å². The predicted molar refractivity (Wildman–Crippen MR) is 113 cm³/mol. The summed E-state index contributed by atoms with van der Waals surface area (Å²) in [4.78, 5) is 19.5. The molecule has 7 heteroatoms. The van der Waals surface area contributed by atoms with Gasteiger partial charge < -0.3 is 15.1 Å². The average Bonchev–Trinajstić information content (AvgIpc) is 3.12. The molecule has 0 spiro atoms. The fourth-order valence-electron chi connectivity index (χ4n) is 3.78. The number of nitrogens with one attached hydrogen (secondary N) is 1. The van der Waals surface area contributed by atoms with Crippen LogP contribution >= 0.6 is 24.8 Å². The van der Waals surface area contributed by atoms with Crippen molar-refractivity contribution in [1.29, 1.82) is 0 Å². The van der Waals surface area contributed by atoms with Gasteiger partial charge in [0.05, 0.1) is 0 Å². The molecule has 148 valence electrons. The topological polar surface area (TPSA) is 38.8 Å². The van der Waals surface area contributed by atoms with Crippen molar-refractivity contribution in [2.24, 2.45) is 0 Å². The highest BCUT2D eigenvalue weighted by molar-refractivity contribution is 5.94. The van der Waals surface area contributed by atoms with Gasteiger partial charge in [-0.2, -0.15) is 0 Å². The SMILES string of the molecule is CCCN(C)c1ccc(C(=O)N2CCC(N3CCNCC3)C2)cc1.Cl.Cl. The highest BCUT2D eigenvalue weighted by atomic mass is 35.5. The van der Waals surface area contributed by atoms with Gasteiger partial charge >= 0.3 is 0 Å². The van der Waals surface area contributed by atoms with Crippen molar-refractivity contribution >= 4 is 36.4 Å². The van der Waals surface area contributed by atoms with E-state index >= 15 is 0 Å². The van der Waals surface area contributed by atoms with Crippen LogP contribution in [0.15, 0.2) is 24.3 Å². The summed E-state index contributed by atoms with van der Waals surface area (Å²) < 4.78 is 0. The molecule has 2 heterocycles. The molecule has 1 atom stereocenters. The molecule has 1 amide bonds. The Bertz CT molecular complexity index is 549. The summed E-state index contributed by atoms with van der Waals surface area (Å²) in [5.74, 6) is 0.178. The van der Waals surface area contributed by atoms with Crippen LogP contribution in [0.3, 0.4) is 0 Å². The molecular weight excluding hydrogens is 371 g/mol. The van der Waals surface area contributed by atoms with E-state index in [1.54, 1.807) is 0 Å². The van der Waals surface area contributed by atoms with Gasteiger partial charge in [-0.1, -0.05) is 6.92 Å². The van der Waals surface area contributed by atoms with Crippen molar-refractivity contribution in [3.8, 4) is 0 Å². The predicted octanol–water partition coefficient (Wildman–Crippen LogP) is 2.50. The Kier molecular flexibility index (Phi) is 9.72.